The smallest absolute Gasteiger partial charge is 0.220 e. The second kappa shape index (κ2) is 5.50. The molecular formula is C12H25NO2. The third kappa shape index (κ3) is 6.50. The molecule has 0 heterocycles. The maximum absolute atomic E-state index is 11.5. The summed E-state index contributed by atoms with van der Waals surface area (Å²) in [6, 6.07) is 0. The number of carbonyl (C=O) groups excluding carboxylic acids is 1. The Morgan fingerprint density at radius 1 is 1.20 bits per heavy atom. The predicted octanol–water partition coefficient (Wildman–Crippen LogP) is 2.09. The van der Waals surface area contributed by atoms with Crippen molar-refractivity contribution in [3.8, 4) is 0 Å². The zero-order valence-electron chi connectivity index (χ0n) is 10.7. The van der Waals surface area contributed by atoms with Gasteiger partial charge < -0.3 is 10.4 Å². The quantitative estimate of drug-likeness (QED) is 0.737. The van der Waals surface area contributed by atoms with Crippen LogP contribution in [0, 0.1) is 5.41 Å². The molecule has 0 saturated heterocycles. The van der Waals surface area contributed by atoms with Crippen LogP contribution in [-0.2, 0) is 4.79 Å². The van der Waals surface area contributed by atoms with Crippen molar-refractivity contribution in [2.45, 2.75) is 59.5 Å². The lowest BCUT2D eigenvalue weighted by Gasteiger charge is -2.26. The van der Waals surface area contributed by atoms with Gasteiger partial charge in [-0.3, -0.25) is 4.79 Å². The molecule has 0 saturated carbocycles. The van der Waals surface area contributed by atoms with E-state index in [-0.39, 0.29) is 11.3 Å². The molecule has 0 aromatic rings. The van der Waals surface area contributed by atoms with Gasteiger partial charge in [-0.15, -0.1) is 0 Å². The number of hydrogen-bond acceptors (Lipinski definition) is 2. The number of aliphatic hydroxyl groups is 1. The van der Waals surface area contributed by atoms with Gasteiger partial charge in [-0.1, -0.05) is 34.6 Å². The van der Waals surface area contributed by atoms with E-state index in [0.29, 0.717) is 25.8 Å². The minimum absolute atomic E-state index is 0.000623. The van der Waals surface area contributed by atoms with Gasteiger partial charge in [-0.05, 0) is 18.3 Å². The maximum atomic E-state index is 11.5. The first-order valence-electron chi connectivity index (χ1n) is 5.71. The van der Waals surface area contributed by atoms with Crippen LogP contribution in [0.3, 0.4) is 0 Å². The number of carbonyl (C=O) groups is 1. The molecular weight excluding hydrogens is 190 g/mol. The molecule has 0 aliphatic heterocycles. The fraction of sp³-hybridized carbons (Fsp3) is 0.917. The fourth-order valence-electron chi connectivity index (χ4n) is 1.31. The van der Waals surface area contributed by atoms with Crippen LogP contribution in [0.5, 0.6) is 0 Å². The molecule has 0 aromatic carbocycles. The molecule has 0 bridgehead atoms. The van der Waals surface area contributed by atoms with Crippen molar-refractivity contribution in [3.05, 3.63) is 0 Å². The average molecular weight is 215 g/mol. The van der Waals surface area contributed by atoms with Crippen molar-refractivity contribution in [2.75, 3.05) is 6.54 Å². The van der Waals surface area contributed by atoms with Crippen LogP contribution in [0.25, 0.3) is 0 Å². The molecule has 0 atom stereocenters. The molecule has 3 nitrogen and oxygen atoms in total. The number of nitrogens with one attached hydrogen (secondary N) is 1. The summed E-state index contributed by atoms with van der Waals surface area (Å²) in [5.41, 5.74) is -0.742. The predicted molar refractivity (Wildman–Crippen MR) is 62.6 cm³/mol. The van der Waals surface area contributed by atoms with Gasteiger partial charge in [0.1, 0.15) is 0 Å². The molecule has 1 amide bonds. The molecule has 90 valence electrons. The van der Waals surface area contributed by atoms with Crippen molar-refractivity contribution in [1.82, 2.24) is 5.32 Å². The minimum atomic E-state index is -0.743. The van der Waals surface area contributed by atoms with Gasteiger partial charge in [0.2, 0.25) is 5.91 Å². The summed E-state index contributed by atoms with van der Waals surface area (Å²) >= 11 is 0. The summed E-state index contributed by atoms with van der Waals surface area (Å²) in [7, 11) is 0. The normalized spacial score (nSPS) is 12.7. The van der Waals surface area contributed by atoms with Gasteiger partial charge in [0, 0.05) is 13.0 Å². The summed E-state index contributed by atoms with van der Waals surface area (Å²) < 4.78 is 0. The zero-order valence-corrected chi connectivity index (χ0v) is 10.7. The van der Waals surface area contributed by atoms with E-state index in [1.807, 2.05) is 34.6 Å². The van der Waals surface area contributed by atoms with Gasteiger partial charge >= 0.3 is 0 Å². The molecule has 3 heteroatoms. The highest BCUT2D eigenvalue weighted by Gasteiger charge is 2.23. The Balaban J connectivity index is 4.00. The molecule has 0 rings (SSSR count). The molecule has 0 radical (unpaired) electrons. The Kier molecular flexibility index (Phi) is 5.29. The molecule has 0 unspecified atom stereocenters. The molecule has 0 spiro atoms. The lowest BCUT2D eigenvalue weighted by molar-refractivity contribution is -0.124. The third-order valence-electron chi connectivity index (χ3n) is 2.62. The summed E-state index contributed by atoms with van der Waals surface area (Å²) in [4.78, 5) is 11.5. The Labute approximate surface area is 93.3 Å². The monoisotopic (exact) mass is 215 g/mol. The van der Waals surface area contributed by atoms with Gasteiger partial charge in [-0.25, -0.2) is 0 Å². The van der Waals surface area contributed by atoms with Crippen LogP contribution >= 0.6 is 0 Å². The third-order valence-corrected chi connectivity index (χ3v) is 2.62. The minimum Gasteiger partial charge on any atom is -0.388 e. The van der Waals surface area contributed by atoms with Crippen molar-refractivity contribution in [1.29, 1.82) is 0 Å². The SMILES string of the molecule is CCC(O)(CC)CNC(=O)CC(C)(C)C. The Bertz CT molecular complexity index is 202. The van der Waals surface area contributed by atoms with Crippen LogP contribution < -0.4 is 5.32 Å². The Morgan fingerprint density at radius 2 is 1.67 bits per heavy atom. The highest BCUT2D eigenvalue weighted by Crippen LogP contribution is 2.18. The van der Waals surface area contributed by atoms with Gasteiger partial charge in [0.25, 0.3) is 0 Å². The number of hydrogen-bond donors (Lipinski definition) is 2. The second-order valence-electron chi connectivity index (χ2n) is 5.45. The molecule has 0 fully saturated rings. The van der Waals surface area contributed by atoms with Crippen LogP contribution in [0.2, 0.25) is 0 Å². The van der Waals surface area contributed by atoms with Crippen molar-refractivity contribution < 1.29 is 9.90 Å². The van der Waals surface area contributed by atoms with E-state index in [1.54, 1.807) is 0 Å². The van der Waals surface area contributed by atoms with E-state index in [1.165, 1.54) is 0 Å². The van der Waals surface area contributed by atoms with Crippen LogP contribution in [-0.4, -0.2) is 23.2 Å². The van der Waals surface area contributed by atoms with Gasteiger partial charge in [0.15, 0.2) is 0 Å². The Hall–Kier alpha value is -0.570. The number of rotatable bonds is 5. The van der Waals surface area contributed by atoms with Crippen LogP contribution in [0.4, 0.5) is 0 Å². The van der Waals surface area contributed by atoms with E-state index < -0.39 is 5.60 Å². The first kappa shape index (κ1) is 14.4. The van der Waals surface area contributed by atoms with Crippen LogP contribution in [0.15, 0.2) is 0 Å². The largest absolute Gasteiger partial charge is 0.388 e. The van der Waals surface area contributed by atoms with Gasteiger partial charge in [-0.2, -0.15) is 0 Å². The topological polar surface area (TPSA) is 49.3 Å². The lowest BCUT2D eigenvalue weighted by Crippen LogP contribution is -2.42. The standard InChI is InChI=1S/C12H25NO2/c1-6-12(15,7-2)9-13-10(14)8-11(3,4)5/h15H,6-9H2,1-5H3,(H,13,14). The average Bonchev–Trinajstić information content (AvgIpc) is 2.12. The second-order valence-corrected chi connectivity index (χ2v) is 5.45. The van der Waals surface area contributed by atoms with Crippen LogP contribution in [0.1, 0.15) is 53.9 Å². The molecule has 0 aromatic heterocycles. The van der Waals surface area contributed by atoms with Crippen molar-refractivity contribution in [3.63, 3.8) is 0 Å². The lowest BCUT2D eigenvalue weighted by atomic mass is 9.91. The molecule has 2 N–H and O–H groups in total. The first-order chi connectivity index (χ1) is 6.72. The summed E-state index contributed by atoms with van der Waals surface area (Å²) in [5.74, 6) is 0.0165. The van der Waals surface area contributed by atoms with Crippen molar-refractivity contribution >= 4 is 5.91 Å². The molecule has 0 aliphatic rings. The van der Waals surface area contributed by atoms with E-state index in [4.69, 9.17) is 0 Å². The highest BCUT2D eigenvalue weighted by molar-refractivity contribution is 5.76. The van der Waals surface area contributed by atoms with E-state index >= 15 is 0 Å². The fourth-order valence-corrected chi connectivity index (χ4v) is 1.31. The summed E-state index contributed by atoms with van der Waals surface area (Å²) in [5, 5.41) is 12.8. The summed E-state index contributed by atoms with van der Waals surface area (Å²) in [6.45, 7) is 10.3. The maximum Gasteiger partial charge on any atom is 0.220 e. The van der Waals surface area contributed by atoms with E-state index in [9.17, 15) is 9.90 Å². The molecule has 15 heavy (non-hydrogen) atoms. The zero-order chi connectivity index (χ0) is 12.1. The van der Waals surface area contributed by atoms with E-state index in [0.717, 1.165) is 0 Å². The van der Waals surface area contributed by atoms with Gasteiger partial charge in [0.05, 0.1) is 5.60 Å². The van der Waals surface area contributed by atoms with Crippen molar-refractivity contribution in [2.24, 2.45) is 5.41 Å². The van der Waals surface area contributed by atoms with E-state index in [2.05, 4.69) is 5.32 Å². The first-order valence-corrected chi connectivity index (χ1v) is 5.71. The number of amides is 1. The Morgan fingerprint density at radius 3 is 2.00 bits per heavy atom. The molecule has 0 aliphatic carbocycles. The summed E-state index contributed by atoms with van der Waals surface area (Å²) in [6.07, 6.45) is 1.83. The highest BCUT2D eigenvalue weighted by atomic mass is 16.3.